The third kappa shape index (κ3) is 5.21. The standard InChI is InChI=1S/C20H31N/c1-8-9-10-11-18(21-7)14-19-15(2)12-17(13-16(19)3)20(4,5)6/h1,12-13,18,21H,9-11,14H2,2-7H3. The normalized spacial score (nSPS) is 13.0. The van der Waals surface area contributed by atoms with Crippen molar-refractivity contribution >= 4 is 0 Å². The first-order valence-electron chi connectivity index (χ1n) is 8.01. The van der Waals surface area contributed by atoms with Gasteiger partial charge >= 0.3 is 0 Å². The van der Waals surface area contributed by atoms with Gasteiger partial charge in [-0.15, -0.1) is 12.3 Å². The van der Waals surface area contributed by atoms with E-state index in [-0.39, 0.29) is 5.41 Å². The molecule has 0 saturated carbocycles. The van der Waals surface area contributed by atoms with Crippen LogP contribution in [0.15, 0.2) is 12.1 Å². The Hall–Kier alpha value is -1.26. The van der Waals surface area contributed by atoms with E-state index in [4.69, 9.17) is 6.42 Å². The van der Waals surface area contributed by atoms with Gasteiger partial charge in [-0.2, -0.15) is 0 Å². The lowest BCUT2D eigenvalue weighted by atomic mass is 9.82. The van der Waals surface area contributed by atoms with Crippen LogP contribution in [0, 0.1) is 26.2 Å². The summed E-state index contributed by atoms with van der Waals surface area (Å²) in [6.07, 6.45) is 9.54. The van der Waals surface area contributed by atoms with Crippen molar-refractivity contribution in [2.75, 3.05) is 7.05 Å². The van der Waals surface area contributed by atoms with Gasteiger partial charge in [0.25, 0.3) is 0 Å². The van der Waals surface area contributed by atoms with Crippen LogP contribution < -0.4 is 5.32 Å². The van der Waals surface area contributed by atoms with Crippen LogP contribution in [0.4, 0.5) is 0 Å². The third-order valence-corrected chi connectivity index (χ3v) is 4.29. The summed E-state index contributed by atoms with van der Waals surface area (Å²) in [5.41, 5.74) is 5.95. The van der Waals surface area contributed by atoms with Crippen LogP contribution in [0.1, 0.15) is 62.3 Å². The molecule has 1 aromatic carbocycles. The molecule has 0 bridgehead atoms. The van der Waals surface area contributed by atoms with E-state index in [9.17, 15) is 0 Å². The second-order valence-electron chi connectivity index (χ2n) is 7.12. The molecule has 21 heavy (non-hydrogen) atoms. The molecule has 0 heterocycles. The fraction of sp³-hybridized carbons (Fsp3) is 0.600. The molecular formula is C20H31N. The maximum atomic E-state index is 5.34. The smallest absolute Gasteiger partial charge is 0.0105 e. The van der Waals surface area contributed by atoms with Crippen LogP contribution in [-0.4, -0.2) is 13.1 Å². The molecule has 116 valence electrons. The van der Waals surface area contributed by atoms with E-state index in [1.807, 2.05) is 0 Å². The van der Waals surface area contributed by atoms with E-state index < -0.39 is 0 Å². The summed E-state index contributed by atoms with van der Waals surface area (Å²) in [5.74, 6) is 2.73. The number of benzene rings is 1. The molecule has 0 aliphatic heterocycles. The third-order valence-electron chi connectivity index (χ3n) is 4.29. The Balaban J connectivity index is 2.90. The Morgan fingerprint density at radius 1 is 1.19 bits per heavy atom. The number of unbranched alkanes of at least 4 members (excludes halogenated alkanes) is 1. The van der Waals surface area contributed by atoms with Crippen molar-refractivity contribution in [1.82, 2.24) is 5.32 Å². The van der Waals surface area contributed by atoms with E-state index in [1.54, 1.807) is 0 Å². The molecule has 0 radical (unpaired) electrons. The summed E-state index contributed by atoms with van der Waals surface area (Å²) in [6.45, 7) is 11.3. The van der Waals surface area contributed by atoms with Crippen LogP contribution >= 0.6 is 0 Å². The number of likely N-dealkylation sites (N-methyl/N-ethyl adjacent to an activating group) is 1. The monoisotopic (exact) mass is 285 g/mol. The van der Waals surface area contributed by atoms with Gasteiger partial charge in [0.15, 0.2) is 0 Å². The summed E-state index contributed by atoms with van der Waals surface area (Å²) < 4.78 is 0. The molecule has 1 atom stereocenters. The fourth-order valence-corrected chi connectivity index (χ4v) is 2.79. The second-order valence-corrected chi connectivity index (χ2v) is 7.12. The van der Waals surface area contributed by atoms with Crippen molar-refractivity contribution in [3.05, 3.63) is 34.4 Å². The number of hydrogen-bond acceptors (Lipinski definition) is 1. The minimum atomic E-state index is 0.212. The number of terminal acetylenes is 1. The van der Waals surface area contributed by atoms with Gasteiger partial charge in [0.1, 0.15) is 0 Å². The average molecular weight is 285 g/mol. The Morgan fingerprint density at radius 3 is 2.19 bits per heavy atom. The van der Waals surface area contributed by atoms with Crippen molar-refractivity contribution in [3.8, 4) is 12.3 Å². The number of rotatable bonds is 6. The SMILES string of the molecule is C#CCCCC(Cc1c(C)cc(C(C)(C)C)cc1C)NC. The molecule has 1 aromatic rings. The summed E-state index contributed by atoms with van der Waals surface area (Å²) in [5, 5.41) is 3.44. The van der Waals surface area contributed by atoms with Gasteiger partial charge in [-0.25, -0.2) is 0 Å². The maximum Gasteiger partial charge on any atom is 0.0105 e. The Bertz CT molecular complexity index is 477. The van der Waals surface area contributed by atoms with Gasteiger partial charge in [0, 0.05) is 12.5 Å². The first kappa shape index (κ1) is 17.8. The van der Waals surface area contributed by atoms with E-state index in [1.165, 1.54) is 22.3 Å². The van der Waals surface area contributed by atoms with Crippen molar-refractivity contribution in [2.24, 2.45) is 0 Å². The molecule has 0 aromatic heterocycles. The minimum Gasteiger partial charge on any atom is -0.317 e. The Labute approximate surface area is 131 Å². The summed E-state index contributed by atoms with van der Waals surface area (Å²) in [6, 6.07) is 5.23. The first-order valence-corrected chi connectivity index (χ1v) is 8.01. The molecule has 1 heteroatoms. The van der Waals surface area contributed by atoms with Crippen molar-refractivity contribution in [1.29, 1.82) is 0 Å². The van der Waals surface area contributed by atoms with Gasteiger partial charge in [0.2, 0.25) is 0 Å². The van der Waals surface area contributed by atoms with E-state index in [2.05, 4.69) is 65.0 Å². The Kier molecular flexibility index (Phi) is 6.49. The van der Waals surface area contributed by atoms with Crippen molar-refractivity contribution in [3.63, 3.8) is 0 Å². The summed E-state index contributed by atoms with van der Waals surface area (Å²) in [7, 11) is 2.05. The number of nitrogens with one attached hydrogen (secondary N) is 1. The number of aryl methyl sites for hydroxylation is 2. The molecule has 1 rings (SSSR count). The van der Waals surface area contributed by atoms with Crippen molar-refractivity contribution < 1.29 is 0 Å². The highest BCUT2D eigenvalue weighted by Gasteiger charge is 2.17. The molecule has 0 saturated heterocycles. The van der Waals surface area contributed by atoms with Crippen LogP contribution in [0.2, 0.25) is 0 Å². The van der Waals surface area contributed by atoms with Crippen LogP contribution in [0.3, 0.4) is 0 Å². The lowest BCUT2D eigenvalue weighted by Gasteiger charge is -2.24. The molecule has 1 unspecified atom stereocenters. The average Bonchev–Trinajstić information content (AvgIpc) is 2.39. The number of hydrogen-bond donors (Lipinski definition) is 1. The molecule has 0 aliphatic carbocycles. The fourth-order valence-electron chi connectivity index (χ4n) is 2.79. The van der Waals surface area contributed by atoms with Gasteiger partial charge in [-0.05, 0) is 67.8 Å². The lowest BCUT2D eigenvalue weighted by molar-refractivity contribution is 0.504. The zero-order valence-corrected chi connectivity index (χ0v) is 14.6. The molecule has 0 aliphatic rings. The van der Waals surface area contributed by atoms with Gasteiger partial charge in [-0.3, -0.25) is 0 Å². The first-order chi connectivity index (χ1) is 9.79. The van der Waals surface area contributed by atoms with Gasteiger partial charge < -0.3 is 5.32 Å². The van der Waals surface area contributed by atoms with Gasteiger partial charge in [0.05, 0.1) is 0 Å². The molecular weight excluding hydrogens is 254 g/mol. The van der Waals surface area contributed by atoms with E-state index in [0.717, 1.165) is 25.7 Å². The zero-order chi connectivity index (χ0) is 16.0. The molecule has 0 amide bonds. The molecule has 0 fully saturated rings. The topological polar surface area (TPSA) is 12.0 Å². The van der Waals surface area contributed by atoms with Crippen molar-refractivity contribution in [2.45, 2.75) is 71.8 Å². The van der Waals surface area contributed by atoms with Crippen LogP contribution in [0.5, 0.6) is 0 Å². The second kappa shape index (κ2) is 7.66. The van der Waals surface area contributed by atoms with E-state index in [0.29, 0.717) is 6.04 Å². The zero-order valence-electron chi connectivity index (χ0n) is 14.6. The minimum absolute atomic E-state index is 0.212. The maximum absolute atomic E-state index is 5.34. The quantitative estimate of drug-likeness (QED) is 0.598. The molecule has 1 N–H and O–H groups in total. The summed E-state index contributed by atoms with van der Waals surface area (Å²) >= 11 is 0. The molecule has 1 nitrogen and oxygen atoms in total. The molecule has 0 spiro atoms. The van der Waals surface area contributed by atoms with E-state index >= 15 is 0 Å². The predicted molar refractivity (Wildman–Crippen MR) is 93.9 cm³/mol. The highest BCUT2D eigenvalue weighted by Crippen LogP contribution is 2.27. The lowest BCUT2D eigenvalue weighted by Crippen LogP contribution is -2.28. The van der Waals surface area contributed by atoms with Gasteiger partial charge in [-0.1, -0.05) is 32.9 Å². The summed E-state index contributed by atoms with van der Waals surface area (Å²) in [4.78, 5) is 0. The largest absolute Gasteiger partial charge is 0.317 e. The predicted octanol–water partition coefficient (Wildman–Crippen LogP) is 4.53. The highest BCUT2D eigenvalue weighted by atomic mass is 14.9. The highest BCUT2D eigenvalue weighted by molar-refractivity contribution is 5.41. The van der Waals surface area contributed by atoms with Crippen LogP contribution in [0.25, 0.3) is 0 Å². The van der Waals surface area contributed by atoms with Crippen LogP contribution in [-0.2, 0) is 11.8 Å². The Morgan fingerprint density at radius 2 is 1.76 bits per heavy atom.